The van der Waals surface area contributed by atoms with Crippen LogP contribution in [0.25, 0.3) is 11.0 Å². The quantitative estimate of drug-likeness (QED) is 0.184. The van der Waals surface area contributed by atoms with Gasteiger partial charge in [0.2, 0.25) is 0 Å². The summed E-state index contributed by atoms with van der Waals surface area (Å²) in [6.07, 6.45) is 1.51. The molecule has 0 bridgehead atoms. The van der Waals surface area contributed by atoms with E-state index in [2.05, 4.69) is 42.4 Å². The Hall–Kier alpha value is -2.32. The minimum absolute atomic E-state index is 0.153. The predicted octanol–water partition coefficient (Wildman–Crippen LogP) is 7.61. The minimum atomic E-state index is -0.463. The summed E-state index contributed by atoms with van der Waals surface area (Å²) in [4.78, 5) is 12.5. The summed E-state index contributed by atoms with van der Waals surface area (Å²) in [7, 11) is 0. The highest BCUT2D eigenvalue weighted by molar-refractivity contribution is 9.11. The second-order valence-corrected chi connectivity index (χ2v) is 9.28. The van der Waals surface area contributed by atoms with Crippen molar-refractivity contribution < 1.29 is 13.9 Å². The predicted molar refractivity (Wildman–Crippen MR) is 134 cm³/mol. The van der Waals surface area contributed by atoms with Crippen LogP contribution < -0.4 is 10.2 Å². The summed E-state index contributed by atoms with van der Waals surface area (Å²) in [6, 6.07) is 18.0. The summed E-state index contributed by atoms with van der Waals surface area (Å²) < 4.78 is 13.2. The minimum Gasteiger partial charge on any atom is -0.488 e. The molecule has 0 spiro atoms. The summed E-state index contributed by atoms with van der Waals surface area (Å²) in [5.74, 6) is 0.295. The number of carbonyl (C=O) groups is 1. The van der Waals surface area contributed by atoms with Crippen molar-refractivity contribution in [2.24, 2.45) is 5.10 Å². The molecule has 9 heteroatoms. The van der Waals surface area contributed by atoms with Crippen LogP contribution in [0.3, 0.4) is 0 Å². The van der Waals surface area contributed by atoms with E-state index in [0.29, 0.717) is 33.5 Å². The molecule has 0 saturated heterocycles. The molecule has 1 N–H and O–H groups in total. The fourth-order valence-electron chi connectivity index (χ4n) is 2.91. The molecular formula is C23H14Br2Cl2N2O3. The van der Waals surface area contributed by atoms with Crippen LogP contribution >= 0.6 is 55.1 Å². The molecule has 0 saturated carbocycles. The molecule has 0 radical (unpaired) electrons. The number of hydrazone groups is 1. The van der Waals surface area contributed by atoms with E-state index >= 15 is 0 Å². The molecule has 32 heavy (non-hydrogen) atoms. The van der Waals surface area contributed by atoms with Crippen molar-refractivity contribution in [1.29, 1.82) is 0 Å². The summed E-state index contributed by atoms with van der Waals surface area (Å²) >= 11 is 18.9. The van der Waals surface area contributed by atoms with E-state index in [1.165, 1.54) is 6.21 Å². The molecule has 4 rings (SSSR count). The monoisotopic (exact) mass is 594 g/mol. The summed E-state index contributed by atoms with van der Waals surface area (Å²) in [5, 5.41) is 5.80. The molecule has 0 atom stereocenters. The van der Waals surface area contributed by atoms with Crippen LogP contribution in [0.1, 0.15) is 21.7 Å². The third-order valence-corrected chi connectivity index (χ3v) is 6.21. The van der Waals surface area contributed by atoms with Crippen molar-refractivity contribution in [2.45, 2.75) is 6.61 Å². The van der Waals surface area contributed by atoms with Crippen LogP contribution in [0, 0.1) is 0 Å². The van der Waals surface area contributed by atoms with Crippen molar-refractivity contribution in [3.8, 4) is 5.75 Å². The van der Waals surface area contributed by atoms with Crippen LogP contribution in [0.2, 0.25) is 10.0 Å². The number of nitrogens with one attached hydrogen (secondary N) is 1. The summed E-state index contributed by atoms with van der Waals surface area (Å²) in [5.41, 5.74) is 4.64. The largest absolute Gasteiger partial charge is 0.488 e. The van der Waals surface area contributed by atoms with E-state index in [0.717, 1.165) is 19.9 Å². The second kappa shape index (κ2) is 10.1. The number of hydrogen-bond donors (Lipinski definition) is 1. The first-order valence-electron chi connectivity index (χ1n) is 9.28. The Morgan fingerprint density at radius 3 is 2.69 bits per heavy atom. The maximum absolute atomic E-state index is 12.5. The number of carbonyl (C=O) groups excluding carboxylic acids is 1. The number of furan rings is 1. The van der Waals surface area contributed by atoms with Crippen LogP contribution in [-0.2, 0) is 6.61 Å². The Morgan fingerprint density at radius 1 is 1.06 bits per heavy atom. The topological polar surface area (TPSA) is 63.8 Å². The SMILES string of the molecule is O=C(N/N=C\c1ccccc1OCc1ccc(Cl)c(Cl)c1)c1cc2cc(Br)cc(Br)c2o1. The average molecular weight is 597 g/mol. The molecule has 1 amide bonds. The fourth-order valence-corrected chi connectivity index (χ4v) is 4.57. The number of fused-ring (bicyclic) bond motifs is 1. The first kappa shape index (κ1) is 22.9. The number of benzene rings is 3. The van der Waals surface area contributed by atoms with E-state index in [-0.39, 0.29) is 5.76 Å². The van der Waals surface area contributed by atoms with Gasteiger partial charge in [-0.1, -0.05) is 57.3 Å². The van der Waals surface area contributed by atoms with Crippen molar-refractivity contribution in [1.82, 2.24) is 5.43 Å². The van der Waals surface area contributed by atoms with Gasteiger partial charge in [-0.3, -0.25) is 4.79 Å². The standard InChI is InChI=1S/C23H14Br2Cl2N2O3/c24-16-8-15-9-21(32-22(15)17(25)10-16)23(30)29-28-11-14-3-1-2-4-20(14)31-12-13-5-6-18(26)19(27)7-13/h1-11H,12H2,(H,29,30)/b28-11-. The maximum atomic E-state index is 12.5. The van der Waals surface area contributed by atoms with E-state index in [4.69, 9.17) is 32.4 Å². The van der Waals surface area contributed by atoms with Crippen molar-refractivity contribution >= 4 is 78.2 Å². The number of amides is 1. The fraction of sp³-hybridized carbons (Fsp3) is 0.0435. The van der Waals surface area contributed by atoms with Crippen molar-refractivity contribution in [3.63, 3.8) is 0 Å². The van der Waals surface area contributed by atoms with Gasteiger partial charge in [-0.25, -0.2) is 5.43 Å². The molecule has 162 valence electrons. The molecular weight excluding hydrogens is 583 g/mol. The highest BCUT2D eigenvalue weighted by Gasteiger charge is 2.14. The van der Waals surface area contributed by atoms with E-state index in [9.17, 15) is 4.79 Å². The Morgan fingerprint density at radius 2 is 1.88 bits per heavy atom. The van der Waals surface area contributed by atoms with Gasteiger partial charge < -0.3 is 9.15 Å². The second-order valence-electron chi connectivity index (χ2n) is 6.69. The highest BCUT2D eigenvalue weighted by atomic mass is 79.9. The van der Waals surface area contributed by atoms with Crippen LogP contribution in [-0.4, -0.2) is 12.1 Å². The van der Waals surface area contributed by atoms with E-state index in [1.54, 1.807) is 18.2 Å². The molecule has 5 nitrogen and oxygen atoms in total. The molecule has 1 heterocycles. The van der Waals surface area contributed by atoms with Crippen LogP contribution in [0.15, 0.2) is 79.1 Å². The van der Waals surface area contributed by atoms with Crippen LogP contribution in [0.4, 0.5) is 0 Å². The average Bonchev–Trinajstić information content (AvgIpc) is 3.20. The molecule has 0 fully saturated rings. The van der Waals surface area contributed by atoms with E-state index < -0.39 is 5.91 Å². The zero-order chi connectivity index (χ0) is 22.7. The molecule has 0 unspecified atom stereocenters. The third kappa shape index (κ3) is 5.35. The molecule has 1 aromatic heterocycles. The van der Waals surface area contributed by atoms with Crippen molar-refractivity contribution in [3.05, 3.63) is 96.5 Å². The lowest BCUT2D eigenvalue weighted by Crippen LogP contribution is -2.16. The maximum Gasteiger partial charge on any atom is 0.307 e. The Bertz CT molecular complexity index is 1340. The lowest BCUT2D eigenvalue weighted by molar-refractivity contribution is 0.0929. The van der Waals surface area contributed by atoms with Gasteiger partial charge in [-0.05, 0) is 64.0 Å². The van der Waals surface area contributed by atoms with Gasteiger partial charge in [-0.2, -0.15) is 5.10 Å². The zero-order valence-electron chi connectivity index (χ0n) is 16.2. The normalized spacial score (nSPS) is 11.2. The number of rotatable bonds is 6. The molecule has 0 aliphatic carbocycles. The number of ether oxygens (including phenoxy) is 1. The van der Waals surface area contributed by atoms with Gasteiger partial charge in [0.1, 0.15) is 17.9 Å². The van der Waals surface area contributed by atoms with Gasteiger partial charge in [-0.15, -0.1) is 0 Å². The molecule has 0 aliphatic heterocycles. The van der Waals surface area contributed by atoms with Gasteiger partial charge in [0.15, 0.2) is 5.76 Å². The lowest BCUT2D eigenvalue weighted by Gasteiger charge is -2.09. The Balaban J connectivity index is 1.44. The first-order valence-corrected chi connectivity index (χ1v) is 11.6. The highest BCUT2D eigenvalue weighted by Crippen LogP contribution is 2.31. The molecule has 0 aliphatic rings. The Kier molecular flexibility index (Phi) is 7.20. The van der Waals surface area contributed by atoms with Gasteiger partial charge in [0.25, 0.3) is 0 Å². The first-order chi connectivity index (χ1) is 15.4. The number of nitrogens with zero attached hydrogens (tertiary/aromatic N) is 1. The smallest absolute Gasteiger partial charge is 0.307 e. The van der Waals surface area contributed by atoms with Gasteiger partial charge in [0.05, 0.1) is 20.7 Å². The Labute approximate surface area is 210 Å². The van der Waals surface area contributed by atoms with Gasteiger partial charge >= 0.3 is 5.91 Å². The zero-order valence-corrected chi connectivity index (χ0v) is 20.9. The lowest BCUT2D eigenvalue weighted by atomic mass is 10.2. The number of para-hydroxylation sites is 1. The van der Waals surface area contributed by atoms with Gasteiger partial charge in [0, 0.05) is 15.4 Å². The molecule has 3 aromatic carbocycles. The number of hydrogen-bond acceptors (Lipinski definition) is 4. The number of halogens is 4. The van der Waals surface area contributed by atoms with E-state index in [1.807, 2.05) is 42.5 Å². The van der Waals surface area contributed by atoms with Crippen LogP contribution in [0.5, 0.6) is 5.75 Å². The molecule has 4 aromatic rings. The third-order valence-electron chi connectivity index (χ3n) is 4.43. The summed E-state index contributed by atoms with van der Waals surface area (Å²) in [6.45, 7) is 0.303. The van der Waals surface area contributed by atoms with Crippen molar-refractivity contribution in [2.75, 3.05) is 0 Å².